The number of nitrogens with two attached hydrogens (primary N) is 1. The smallest absolute Gasteiger partial charge is 0.303 e. The SMILES string of the molecule is COc1ccc(NC(=O)CCCCC(=O)O)cc1OCC(N)=O. The Kier molecular flexibility index (Phi) is 7.38. The zero-order valence-corrected chi connectivity index (χ0v) is 12.8. The summed E-state index contributed by atoms with van der Waals surface area (Å²) >= 11 is 0. The van der Waals surface area contributed by atoms with Gasteiger partial charge in [0.1, 0.15) is 0 Å². The molecule has 0 spiro atoms. The van der Waals surface area contributed by atoms with Gasteiger partial charge in [0.25, 0.3) is 5.91 Å². The average molecular weight is 324 g/mol. The van der Waals surface area contributed by atoms with Gasteiger partial charge in [-0.2, -0.15) is 0 Å². The molecule has 126 valence electrons. The molecule has 0 aromatic heterocycles. The van der Waals surface area contributed by atoms with Gasteiger partial charge in [0, 0.05) is 24.6 Å². The molecule has 0 atom stereocenters. The van der Waals surface area contributed by atoms with Crippen LogP contribution in [-0.2, 0) is 14.4 Å². The minimum absolute atomic E-state index is 0.0426. The number of aliphatic carboxylic acids is 1. The van der Waals surface area contributed by atoms with Crippen LogP contribution in [0.5, 0.6) is 11.5 Å². The first kappa shape index (κ1) is 18.3. The van der Waals surface area contributed by atoms with Crippen LogP contribution in [0.3, 0.4) is 0 Å². The number of amides is 2. The summed E-state index contributed by atoms with van der Waals surface area (Å²) in [7, 11) is 1.45. The number of hydrogen-bond donors (Lipinski definition) is 3. The third-order valence-electron chi connectivity index (χ3n) is 2.86. The summed E-state index contributed by atoms with van der Waals surface area (Å²) in [5, 5.41) is 11.2. The van der Waals surface area contributed by atoms with Crippen molar-refractivity contribution in [1.29, 1.82) is 0 Å². The maximum Gasteiger partial charge on any atom is 0.303 e. The third kappa shape index (κ3) is 7.16. The van der Waals surface area contributed by atoms with Crippen LogP contribution in [0.4, 0.5) is 5.69 Å². The average Bonchev–Trinajstić information content (AvgIpc) is 2.49. The van der Waals surface area contributed by atoms with Crippen molar-refractivity contribution >= 4 is 23.5 Å². The maximum absolute atomic E-state index is 11.8. The van der Waals surface area contributed by atoms with E-state index in [4.69, 9.17) is 20.3 Å². The van der Waals surface area contributed by atoms with Gasteiger partial charge >= 0.3 is 5.97 Å². The minimum Gasteiger partial charge on any atom is -0.493 e. The van der Waals surface area contributed by atoms with Crippen LogP contribution in [0.25, 0.3) is 0 Å². The molecule has 0 fully saturated rings. The number of carboxylic acids is 1. The minimum atomic E-state index is -0.878. The van der Waals surface area contributed by atoms with Gasteiger partial charge in [0.05, 0.1) is 7.11 Å². The maximum atomic E-state index is 11.8. The molecular weight excluding hydrogens is 304 g/mol. The van der Waals surface area contributed by atoms with Crippen LogP contribution >= 0.6 is 0 Å². The van der Waals surface area contributed by atoms with Crippen LogP contribution in [0, 0.1) is 0 Å². The Bertz CT molecular complexity index is 573. The highest BCUT2D eigenvalue weighted by Crippen LogP contribution is 2.30. The number of primary amides is 1. The molecule has 4 N–H and O–H groups in total. The van der Waals surface area contributed by atoms with Gasteiger partial charge in [0.2, 0.25) is 5.91 Å². The van der Waals surface area contributed by atoms with E-state index in [-0.39, 0.29) is 31.1 Å². The number of carboxylic acid groups (broad SMARTS) is 1. The highest BCUT2D eigenvalue weighted by molar-refractivity contribution is 5.91. The Balaban J connectivity index is 2.58. The molecular formula is C15H20N2O6. The van der Waals surface area contributed by atoms with E-state index in [0.717, 1.165) is 0 Å². The number of carbonyl (C=O) groups is 3. The highest BCUT2D eigenvalue weighted by atomic mass is 16.5. The molecule has 0 aliphatic rings. The van der Waals surface area contributed by atoms with E-state index < -0.39 is 11.9 Å². The van der Waals surface area contributed by atoms with E-state index in [1.54, 1.807) is 12.1 Å². The van der Waals surface area contributed by atoms with Gasteiger partial charge in [-0.15, -0.1) is 0 Å². The summed E-state index contributed by atoms with van der Waals surface area (Å²) < 4.78 is 10.3. The molecule has 0 saturated heterocycles. The number of unbranched alkanes of at least 4 members (excludes halogenated alkanes) is 1. The summed E-state index contributed by atoms with van der Waals surface area (Å²) in [6.45, 7) is -0.303. The molecule has 0 radical (unpaired) electrons. The van der Waals surface area contributed by atoms with Crippen molar-refractivity contribution in [3.8, 4) is 11.5 Å². The number of rotatable bonds is 10. The number of ether oxygens (including phenoxy) is 2. The Morgan fingerprint density at radius 3 is 2.48 bits per heavy atom. The lowest BCUT2D eigenvalue weighted by atomic mass is 10.2. The topological polar surface area (TPSA) is 128 Å². The van der Waals surface area contributed by atoms with Crippen molar-refractivity contribution in [2.45, 2.75) is 25.7 Å². The van der Waals surface area contributed by atoms with Crippen molar-refractivity contribution in [3.63, 3.8) is 0 Å². The van der Waals surface area contributed by atoms with Crippen molar-refractivity contribution in [2.24, 2.45) is 5.73 Å². The molecule has 0 unspecified atom stereocenters. The van der Waals surface area contributed by atoms with Crippen LogP contribution in [0.1, 0.15) is 25.7 Å². The highest BCUT2D eigenvalue weighted by Gasteiger charge is 2.09. The molecule has 0 saturated carbocycles. The number of hydrogen-bond acceptors (Lipinski definition) is 5. The van der Waals surface area contributed by atoms with Crippen molar-refractivity contribution in [1.82, 2.24) is 0 Å². The van der Waals surface area contributed by atoms with Gasteiger partial charge < -0.3 is 25.6 Å². The fourth-order valence-corrected chi connectivity index (χ4v) is 1.80. The van der Waals surface area contributed by atoms with Gasteiger partial charge in [-0.1, -0.05) is 0 Å². The predicted molar refractivity (Wildman–Crippen MR) is 82.4 cm³/mol. The quantitative estimate of drug-likeness (QED) is 0.554. The second-order valence-corrected chi connectivity index (χ2v) is 4.77. The molecule has 2 amide bonds. The molecule has 0 aliphatic carbocycles. The zero-order valence-electron chi connectivity index (χ0n) is 12.8. The molecule has 0 bridgehead atoms. The number of benzene rings is 1. The molecule has 1 aromatic rings. The first-order valence-corrected chi connectivity index (χ1v) is 7.03. The second kappa shape index (κ2) is 9.29. The van der Waals surface area contributed by atoms with Crippen LogP contribution < -0.4 is 20.5 Å². The molecule has 0 aliphatic heterocycles. The normalized spacial score (nSPS) is 9.96. The molecule has 1 aromatic carbocycles. The molecule has 8 nitrogen and oxygen atoms in total. The van der Waals surface area contributed by atoms with Gasteiger partial charge in [-0.05, 0) is 25.0 Å². The zero-order chi connectivity index (χ0) is 17.2. The summed E-state index contributed by atoms with van der Waals surface area (Å²) in [4.78, 5) is 32.9. The van der Waals surface area contributed by atoms with Gasteiger partial charge in [-0.3, -0.25) is 14.4 Å². The Labute approximate surface area is 133 Å². The van der Waals surface area contributed by atoms with E-state index in [2.05, 4.69) is 5.32 Å². The van der Waals surface area contributed by atoms with Gasteiger partial charge in [0.15, 0.2) is 18.1 Å². The lowest BCUT2D eigenvalue weighted by Crippen LogP contribution is -2.20. The summed E-state index contributed by atoms with van der Waals surface area (Å²) in [6.07, 6.45) is 1.19. The lowest BCUT2D eigenvalue weighted by Gasteiger charge is -2.12. The van der Waals surface area contributed by atoms with E-state index in [0.29, 0.717) is 24.3 Å². The number of nitrogens with one attached hydrogen (secondary N) is 1. The van der Waals surface area contributed by atoms with Crippen LogP contribution in [-0.4, -0.2) is 36.6 Å². The van der Waals surface area contributed by atoms with Crippen LogP contribution in [0.15, 0.2) is 18.2 Å². The first-order valence-electron chi connectivity index (χ1n) is 7.03. The number of carbonyl (C=O) groups excluding carboxylic acids is 2. The van der Waals surface area contributed by atoms with E-state index in [1.807, 2.05) is 0 Å². The van der Waals surface area contributed by atoms with E-state index >= 15 is 0 Å². The number of anilines is 1. The van der Waals surface area contributed by atoms with Crippen molar-refractivity contribution in [3.05, 3.63) is 18.2 Å². The Hall–Kier alpha value is -2.77. The number of methoxy groups -OCH3 is 1. The van der Waals surface area contributed by atoms with Crippen LogP contribution in [0.2, 0.25) is 0 Å². The monoisotopic (exact) mass is 324 g/mol. The Morgan fingerprint density at radius 2 is 1.87 bits per heavy atom. The Morgan fingerprint density at radius 1 is 1.17 bits per heavy atom. The predicted octanol–water partition coefficient (Wildman–Crippen LogP) is 1.14. The fourth-order valence-electron chi connectivity index (χ4n) is 1.80. The first-order chi connectivity index (χ1) is 10.9. The molecule has 1 rings (SSSR count). The van der Waals surface area contributed by atoms with E-state index in [9.17, 15) is 14.4 Å². The fraction of sp³-hybridized carbons (Fsp3) is 0.400. The third-order valence-corrected chi connectivity index (χ3v) is 2.86. The van der Waals surface area contributed by atoms with Crippen molar-refractivity contribution in [2.75, 3.05) is 19.0 Å². The largest absolute Gasteiger partial charge is 0.493 e. The lowest BCUT2D eigenvalue weighted by molar-refractivity contribution is -0.137. The molecule has 8 heteroatoms. The second-order valence-electron chi connectivity index (χ2n) is 4.77. The summed E-state index contributed by atoms with van der Waals surface area (Å²) in [5.74, 6) is -1.04. The summed E-state index contributed by atoms with van der Waals surface area (Å²) in [6, 6.07) is 4.75. The standard InChI is InChI=1S/C15H20N2O6/c1-22-11-7-6-10(8-12(11)23-9-13(16)18)17-14(19)4-2-3-5-15(20)21/h6-8H,2-5,9H2,1H3,(H2,16,18)(H,17,19)(H,20,21). The summed E-state index contributed by atoms with van der Waals surface area (Å²) in [5.41, 5.74) is 5.50. The van der Waals surface area contributed by atoms with Gasteiger partial charge in [-0.25, -0.2) is 0 Å². The molecule has 0 heterocycles. The van der Waals surface area contributed by atoms with Crippen molar-refractivity contribution < 1.29 is 29.0 Å². The molecule has 23 heavy (non-hydrogen) atoms. The van der Waals surface area contributed by atoms with E-state index in [1.165, 1.54) is 13.2 Å².